The largest absolute Gasteiger partial charge is 0.327 e. The number of aromatic nitrogens is 4. The molecule has 2 aromatic rings. The van der Waals surface area contributed by atoms with Crippen molar-refractivity contribution >= 4 is 34.2 Å². The lowest BCUT2D eigenvalue weighted by Gasteiger charge is -1.83. The molecular formula is C5H4MgN4O3. The Morgan fingerprint density at radius 1 is 0.769 bits per heavy atom. The quantitative estimate of drug-likeness (QED) is 0.357. The molecule has 0 aliphatic heterocycles. The van der Waals surface area contributed by atoms with Crippen LogP contribution in [0.3, 0.4) is 0 Å². The van der Waals surface area contributed by atoms with Crippen molar-refractivity contribution in [2.45, 2.75) is 0 Å². The molecule has 7 nitrogen and oxygen atoms in total. The zero-order valence-corrected chi connectivity index (χ0v) is 7.85. The van der Waals surface area contributed by atoms with Gasteiger partial charge in [0.25, 0.3) is 5.56 Å². The first kappa shape index (κ1) is 9.80. The number of nitrogens with one attached hydrogen (secondary N) is 4. The molecule has 2 heterocycles. The molecule has 13 heavy (non-hydrogen) atoms. The monoisotopic (exact) mass is 192 g/mol. The van der Waals surface area contributed by atoms with E-state index in [2.05, 4.69) is 15.0 Å². The summed E-state index contributed by atoms with van der Waals surface area (Å²) in [5, 5.41) is 0. The van der Waals surface area contributed by atoms with E-state index in [1.54, 1.807) is 0 Å². The van der Waals surface area contributed by atoms with E-state index in [0.29, 0.717) is 0 Å². The summed E-state index contributed by atoms with van der Waals surface area (Å²) in [5.41, 5.74) is -1.65. The third-order valence-electron chi connectivity index (χ3n) is 1.42. The van der Waals surface area contributed by atoms with Gasteiger partial charge in [0, 0.05) is 23.1 Å². The first-order valence-electron chi connectivity index (χ1n) is 3.11. The fourth-order valence-electron chi connectivity index (χ4n) is 0.958. The van der Waals surface area contributed by atoms with Crippen molar-refractivity contribution in [1.82, 2.24) is 19.9 Å². The molecule has 0 fully saturated rings. The van der Waals surface area contributed by atoms with E-state index >= 15 is 0 Å². The molecule has 4 N–H and O–H groups in total. The lowest BCUT2D eigenvalue weighted by atomic mass is 10.5. The molecule has 2 radical (unpaired) electrons. The smallest absolute Gasteiger partial charge is 0.300 e. The highest BCUT2D eigenvalue weighted by molar-refractivity contribution is 5.75. The molecule has 0 atom stereocenters. The van der Waals surface area contributed by atoms with Gasteiger partial charge < -0.3 is 0 Å². The zero-order valence-electron chi connectivity index (χ0n) is 6.43. The number of fused-ring (bicyclic) bond motifs is 1. The number of rotatable bonds is 0. The number of imidazole rings is 1. The molecule has 0 aliphatic rings. The van der Waals surface area contributed by atoms with Crippen LogP contribution in [-0.4, -0.2) is 43.0 Å². The van der Waals surface area contributed by atoms with Crippen molar-refractivity contribution in [2.24, 2.45) is 0 Å². The Kier molecular flexibility index (Phi) is 2.43. The van der Waals surface area contributed by atoms with Crippen LogP contribution in [0.1, 0.15) is 0 Å². The highest BCUT2D eigenvalue weighted by atomic mass is 24.3. The van der Waals surface area contributed by atoms with Gasteiger partial charge in [-0.05, 0) is 0 Å². The van der Waals surface area contributed by atoms with Gasteiger partial charge in [-0.25, -0.2) is 9.59 Å². The Balaban J connectivity index is 0.000000845. The summed E-state index contributed by atoms with van der Waals surface area (Å²) < 4.78 is 0. The van der Waals surface area contributed by atoms with Crippen molar-refractivity contribution in [3.05, 3.63) is 31.3 Å². The standard InChI is InChI=1S/C5H4N4O3.Mg/c10-3-1-2(7-4(11)6-1)8-5(12)9-3;/h(H4,6,7,8,9,10,11,12);. The van der Waals surface area contributed by atoms with Crippen molar-refractivity contribution in [1.29, 1.82) is 0 Å². The molecule has 0 amide bonds. The second-order valence-corrected chi connectivity index (χ2v) is 2.24. The Morgan fingerprint density at radius 3 is 1.92 bits per heavy atom. The maximum atomic E-state index is 10.9. The highest BCUT2D eigenvalue weighted by Gasteiger charge is 2.02. The van der Waals surface area contributed by atoms with Gasteiger partial charge in [-0.1, -0.05) is 0 Å². The van der Waals surface area contributed by atoms with E-state index < -0.39 is 16.9 Å². The predicted molar refractivity (Wildman–Crippen MR) is 45.9 cm³/mol. The average Bonchev–Trinajstić information content (AvgIpc) is 2.29. The molecule has 64 valence electrons. The minimum atomic E-state index is -0.650. The molecule has 0 unspecified atom stereocenters. The van der Waals surface area contributed by atoms with Crippen LogP contribution < -0.4 is 16.9 Å². The van der Waals surface area contributed by atoms with Crippen molar-refractivity contribution in [2.75, 3.05) is 0 Å². The molecule has 0 saturated heterocycles. The van der Waals surface area contributed by atoms with Crippen LogP contribution in [0.2, 0.25) is 0 Å². The minimum absolute atomic E-state index is 0. The van der Waals surface area contributed by atoms with Gasteiger partial charge in [0.1, 0.15) is 11.2 Å². The summed E-state index contributed by atoms with van der Waals surface area (Å²) in [7, 11) is 0. The molecule has 0 spiro atoms. The topological polar surface area (TPSA) is 114 Å². The SMILES string of the molecule is O=c1[nH]c(=O)c2[nH]c(=O)[nH]c2[nH]1.[Mg]. The fourth-order valence-corrected chi connectivity index (χ4v) is 0.958. The average molecular weight is 192 g/mol. The van der Waals surface area contributed by atoms with E-state index in [1.165, 1.54) is 0 Å². The molecule has 2 rings (SSSR count). The summed E-state index contributed by atoms with van der Waals surface area (Å²) >= 11 is 0. The summed E-state index contributed by atoms with van der Waals surface area (Å²) in [4.78, 5) is 41.0. The van der Waals surface area contributed by atoms with Gasteiger partial charge in [-0.2, -0.15) is 0 Å². The molecule has 2 aromatic heterocycles. The predicted octanol–water partition coefficient (Wildman–Crippen LogP) is -2.15. The van der Waals surface area contributed by atoms with E-state index in [0.717, 1.165) is 0 Å². The summed E-state index contributed by atoms with van der Waals surface area (Å²) in [6.45, 7) is 0. The van der Waals surface area contributed by atoms with E-state index in [4.69, 9.17) is 0 Å². The Morgan fingerprint density at radius 2 is 1.31 bits per heavy atom. The first-order chi connectivity index (χ1) is 5.66. The van der Waals surface area contributed by atoms with Gasteiger partial charge in [0.05, 0.1) is 0 Å². The number of H-pyrrole nitrogens is 4. The van der Waals surface area contributed by atoms with Crippen molar-refractivity contribution < 1.29 is 0 Å². The van der Waals surface area contributed by atoms with Gasteiger partial charge >= 0.3 is 11.4 Å². The van der Waals surface area contributed by atoms with Gasteiger partial charge in [-0.15, -0.1) is 0 Å². The zero-order chi connectivity index (χ0) is 8.72. The molecule has 0 saturated carbocycles. The van der Waals surface area contributed by atoms with E-state index in [1.807, 2.05) is 4.98 Å². The molecule has 0 aliphatic carbocycles. The van der Waals surface area contributed by atoms with Crippen LogP contribution in [0.15, 0.2) is 14.4 Å². The summed E-state index contributed by atoms with van der Waals surface area (Å²) in [6, 6.07) is 0. The van der Waals surface area contributed by atoms with E-state index in [9.17, 15) is 14.4 Å². The van der Waals surface area contributed by atoms with Crippen LogP contribution in [0.4, 0.5) is 0 Å². The Hall–Kier alpha value is -1.28. The fraction of sp³-hybridized carbons (Fsp3) is 0. The highest BCUT2D eigenvalue weighted by Crippen LogP contribution is 1.88. The van der Waals surface area contributed by atoms with Crippen molar-refractivity contribution in [3.63, 3.8) is 0 Å². The number of hydrogen-bond acceptors (Lipinski definition) is 3. The Bertz CT molecular complexity index is 588. The first-order valence-corrected chi connectivity index (χ1v) is 3.11. The third-order valence-corrected chi connectivity index (χ3v) is 1.42. The maximum absolute atomic E-state index is 10.9. The maximum Gasteiger partial charge on any atom is 0.327 e. The third kappa shape index (κ3) is 1.58. The molecule has 0 aromatic carbocycles. The summed E-state index contributed by atoms with van der Waals surface area (Å²) in [6.07, 6.45) is 0. The number of aromatic amines is 4. The van der Waals surface area contributed by atoms with E-state index in [-0.39, 0.29) is 34.2 Å². The van der Waals surface area contributed by atoms with Gasteiger partial charge in [-0.3, -0.25) is 24.7 Å². The second-order valence-electron chi connectivity index (χ2n) is 2.24. The minimum Gasteiger partial charge on any atom is -0.300 e. The molecular weight excluding hydrogens is 188 g/mol. The lowest BCUT2D eigenvalue weighted by Crippen LogP contribution is -2.21. The van der Waals surface area contributed by atoms with Crippen LogP contribution in [-0.2, 0) is 0 Å². The molecule has 0 bridgehead atoms. The van der Waals surface area contributed by atoms with Gasteiger partial charge in [0.2, 0.25) is 0 Å². The van der Waals surface area contributed by atoms with Crippen LogP contribution >= 0.6 is 0 Å². The molecule has 8 heteroatoms. The van der Waals surface area contributed by atoms with Crippen LogP contribution in [0.25, 0.3) is 11.2 Å². The van der Waals surface area contributed by atoms with Crippen molar-refractivity contribution in [3.8, 4) is 0 Å². The normalized spacial score (nSPS) is 9.85. The van der Waals surface area contributed by atoms with Crippen LogP contribution in [0, 0.1) is 0 Å². The van der Waals surface area contributed by atoms with Gasteiger partial charge in [0.15, 0.2) is 0 Å². The number of hydrogen-bond donors (Lipinski definition) is 4. The van der Waals surface area contributed by atoms with Crippen LogP contribution in [0.5, 0.6) is 0 Å². The second kappa shape index (κ2) is 3.22. The lowest BCUT2D eigenvalue weighted by molar-refractivity contribution is 1.07. The summed E-state index contributed by atoms with van der Waals surface area (Å²) in [5.74, 6) is 0. The Labute approximate surface area is 85.7 Å².